The van der Waals surface area contributed by atoms with Crippen LogP contribution in [0, 0.1) is 23.7 Å². The summed E-state index contributed by atoms with van der Waals surface area (Å²) in [6.07, 6.45) is 9.90. The number of nitrogens with one attached hydrogen (secondary N) is 2. The zero-order valence-corrected chi connectivity index (χ0v) is 61.9. The summed E-state index contributed by atoms with van der Waals surface area (Å²) in [7, 11) is 0. The number of nitrogens with zero attached hydrogens (tertiary/aromatic N) is 6. The second-order valence-electron chi connectivity index (χ2n) is 27.1. The monoisotopic (exact) mass is 1490 g/mol. The highest BCUT2D eigenvalue weighted by Gasteiger charge is 2.51. The van der Waals surface area contributed by atoms with E-state index in [0.717, 1.165) is 47.9 Å². The Balaban J connectivity index is 0.596. The number of rotatable bonds is 54. The minimum atomic E-state index is -2.05. The van der Waals surface area contributed by atoms with Gasteiger partial charge >= 0.3 is 12.1 Å². The molecule has 3 aliphatic heterocycles. The molecule has 30 nitrogen and oxygen atoms in total. The number of aromatic hydroxyl groups is 1. The predicted molar refractivity (Wildman–Crippen MR) is 384 cm³/mol. The number of ether oxygens (including phenoxy) is 12. The zero-order chi connectivity index (χ0) is 76.3. The van der Waals surface area contributed by atoms with E-state index in [2.05, 4.69) is 20.9 Å². The third-order valence-electron chi connectivity index (χ3n) is 19.3. The lowest BCUT2D eigenvalue weighted by Gasteiger charge is -2.35. The van der Waals surface area contributed by atoms with Gasteiger partial charge in [0.1, 0.15) is 38.0 Å². The highest BCUT2D eigenvalue weighted by atomic mass is 16.7. The summed E-state index contributed by atoms with van der Waals surface area (Å²) < 4.78 is 77.9. The molecule has 3 N–H and O–H groups in total. The Hall–Kier alpha value is -7.78. The fraction of sp³-hybridized carbons (Fsp3) is 0.658. The fourth-order valence-electron chi connectivity index (χ4n) is 13.2. The van der Waals surface area contributed by atoms with E-state index in [0.29, 0.717) is 194 Å². The highest BCUT2D eigenvalue weighted by molar-refractivity contribution is 6.12. The Labute approximate surface area is 620 Å². The number of Topliss-reactive ketones (excluding diaryl/α,β-unsaturated/α-hetero) is 3. The summed E-state index contributed by atoms with van der Waals surface area (Å²) in [5, 5.41) is 25.5. The van der Waals surface area contributed by atoms with E-state index < -0.39 is 41.2 Å². The minimum absolute atomic E-state index is 0.00197. The largest absolute Gasteiger partial charge is 0.509 e. The smallest absolute Gasteiger partial charge is 0.508 e. The number of benzene rings is 1. The number of aromatic nitrogens is 5. The van der Waals surface area contributed by atoms with Crippen molar-refractivity contribution in [2.24, 2.45) is 23.7 Å². The van der Waals surface area contributed by atoms with Crippen molar-refractivity contribution in [3.8, 4) is 17.1 Å². The van der Waals surface area contributed by atoms with Crippen LogP contribution in [0.2, 0.25) is 0 Å². The van der Waals surface area contributed by atoms with Crippen LogP contribution in [0.25, 0.3) is 22.3 Å². The van der Waals surface area contributed by atoms with Crippen LogP contribution in [-0.4, -0.2) is 233 Å². The molecule has 1 fully saturated rings. The molecule has 4 aromatic rings. The summed E-state index contributed by atoms with van der Waals surface area (Å²) in [6.45, 7) is 14.8. The number of phenols is 1. The molecule has 6 heterocycles. The van der Waals surface area contributed by atoms with Crippen LogP contribution in [0.4, 0.5) is 4.79 Å². The molecule has 1 aromatic carbocycles. The lowest BCUT2D eigenvalue weighted by Crippen LogP contribution is -2.48. The van der Waals surface area contributed by atoms with Crippen LogP contribution in [0.15, 0.2) is 47.4 Å². The maximum absolute atomic E-state index is 14.2. The number of hydrogen-bond donors (Lipinski definition) is 3. The molecule has 584 valence electrons. The van der Waals surface area contributed by atoms with E-state index in [4.69, 9.17) is 63.2 Å². The molecule has 3 unspecified atom stereocenters. The van der Waals surface area contributed by atoms with Crippen molar-refractivity contribution in [3.05, 3.63) is 80.9 Å². The first-order valence-corrected chi connectivity index (χ1v) is 37.4. The van der Waals surface area contributed by atoms with Gasteiger partial charge in [0.15, 0.2) is 11.6 Å². The van der Waals surface area contributed by atoms with Crippen LogP contribution in [-0.2, 0) is 129 Å². The molecular formula is C76H108N8O22. The van der Waals surface area contributed by atoms with Gasteiger partial charge in [-0.05, 0) is 113 Å². The molecule has 106 heavy (non-hydrogen) atoms. The molecule has 3 atom stereocenters. The Morgan fingerprint density at radius 3 is 2.00 bits per heavy atom. The second-order valence-corrected chi connectivity index (χ2v) is 27.1. The lowest BCUT2D eigenvalue weighted by atomic mass is 9.79. The first kappa shape index (κ1) is 82.3. The fourth-order valence-corrected chi connectivity index (χ4v) is 13.2. The topological polar surface area (TPSA) is 360 Å². The molecule has 1 aliphatic carbocycles. The number of unbranched alkanes of at least 4 members (excludes halogenated alkanes) is 1. The molecule has 0 spiro atoms. The number of pyridine rings is 2. The summed E-state index contributed by atoms with van der Waals surface area (Å²) in [5.74, 6) is -2.94. The van der Waals surface area contributed by atoms with Gasteiger partial charge in [-0.25, -0.2) is 19.3 Å². The average Bonchev–Trinajstić information content (AvgIpc) is 1.67. The van der Waals surface area contributed by atoms with Crippen LogP contribution >= 0.6 is 0 Å². The molecule has 0 radical (unpaired) electrons. The van der Waals surface area contributed by atoms with Gasteiger partial charge in [0, 0.05) is 86.9 Å². The quantitative estimate of drug-likeness (QED) is 0.0227. The van der Waals surface area contributed by atoms with Crippen molar-refractivity contribution in [2.75, 3.05) is 145 Å². The third-order valence-corrected chi connectivity index (χ3v) is 19.3. The Morgan fingerprint density at radius 1 is 0.745 bits per heavy atom. The molecule has 3 aromatic heterocycles. The maximum atomic E-state index is 14.2. The van der Waals surface area contributed by atoms with Crippen molar-refractivity contribution in [3.63, 3.8) is 0 Å². The number of imide groups is 1. The van der Waals surface area contributed by atoms with Crippen molar-refractivity contribution in [2.45, 2.75) is 156 Å². The van der Waals surface area contributed by atoms with Crippen LogP contribution in [0.3, 0.4) is 0 Å². The predicted octanol–water partition coefficient (Wildman–Crippen LogP) is 6.03. The molecule has 8 rings (SSSR count). The summed E-state index contributed by atoms with van der Waals surface area (Å²) in [5.41, 5.74) is 1.91. The van der Waals surface area contributed by atoms with Crippen molar-refractivity contribution < 1.29 is 102 Å². The molecular weight excluding hydrogens is 1380 g/mol. The number of esters is 1. The minimum Gasteiger partial charge on any atom is -0.508 e. The normalized spacial score (nSPS) is 17.5. The summed E-state index contributed by atoms with van der Waals surface area (Å²) in [6, 6.07) is 5.79. The Bertz CT molecular complexity index is 3630. The Kier molecular flexibility index (Phi) is 34.5. The molecule has 1 saturated carbocycles. The van der Waals surface area contributed by atoms with E-state index in [1.165, 1.54) is 23.1 Å². The number of aryl methyl sites for hydroxylation is 2. The third kappa shape index (κ3) is 25.4. The van der Waals surface area contributed by atoms with Gasteiger partial charge in [-0.1, -0.05) is 46.2 Å². The molecule has 0 bridgehead atoms. The SMILES string of the molecule is [3H]CCNCCCCC(CC(=O)COCC(=O)CCCOCCOCCOCCOCCOCCOCCOCCOCCn1cc(CCC(=O)C2CCC(CN3C(=O)C=CC3=O)CC2)nn1)C(=O)NC(COC(=O)OC1(CC)C(=O)OCc2c1cc1n(c2=O)Cc2c-1nc1ccc(O)cc1c2CC)C(C)C. The van der Waals surface area contributed by atoms with E-state index in [1.54, 1.807) is 34.4 Å². The van der Waals surface area contributed by atoms with Gasteiger partial charge in [-0.3, -0.25) is 38.5 Å². The molecule has 0 saturated heterocycles. The number of carbonyl (C=O) groups excluding carboxylic acids is 8. The van der Waals surface area contributed by atoms with Gasteiger partial charge in [0.2, 0.25) is 11.5 Å². The first-order valence-electron chi connectivity index (χ1n) is 38.1. The van der Waals surface area contributed by atoms with Crippen LogP contribution in [0.5, 0.6) is 5.75 Å². The van der Waals surface area contributed by atoms with Crippen molar-refractivity contribution in [1.82, 2.24) is 40.1 Å². The molecule has 4 aliphatic rings. The lowest BCUT2D eigenvalue weighted by molar-refractivity contribution is -0.175. The summed E-state index contributed by atoms with van der Waals surface area (Å²) >= 11 is 0. The maximum Gasteiger partial charge on any atom is 0.509 e. The number of carbonyl (C=O) groups is 8. The standard InChI is InChI=1S/C76H108N8O22/c1-6-60-61-43-57(85)19-20-65(61)78-71-62(60)47-83-67(71)44-64-63(73(83)92)50-104-74(93)76(64,7-2)106-75(94)105-51-66(52(4)5)79-72(91)55(12-9-10-24-77-8-3)42-59(87)49-103-48-58(86)13-11-26-95-28-30-97-32-34-99-36-38-101-40-41-102-39-37-100-35-33-98-31-29-96-27-25-82-46-56(80-81-82)18-21-68(88)54-16-14-53(15-17-54)45-84-69(89)22-23-70(84)90/h19-20,22-23,43-44,46,52-55,66,77,85H,6-18,21,24-42,45,47-51H2,1-5H3,(H,79,91)/i3T. The van der Waals surface area contributed by atoms with Crippen molar-refractivity contribution >= 4 is 58.1 Å². The first-order chi connectivity index (χ1) is 51.9. The van der Waals surface area contributed by atoms with Gasteiger partial charge in [-0.15, -0.1) is 5.10 Å². The van der Waals surface area contributed by atoms with Gasteiger partial charge < -0.3 is 77.1 Å². The van der Waals surface area contributed by atoms with Crippen LogP contribution in [0.1, 0.15) is 141 Å². The van der Waals surface area contributed by atoms with Gasteiger partial charge in [0.25, 0.3) is 17.4 Å². The molecule has 30 heteroatoms. The van der Waals surface area contributed by atoms with E-state index in [-0.39, 0.29) is 123 Å². The van der Waals surface area contributed by atoms with Crippen molar-refractivity contribution in [1.29, 1.82) is 0 Å². The molecule has 3 amide bonds. The number of hydrogen-bond acceptors (Lipinski definition) is 26. The highest BCUT2D eigenvalue weighted by Crippen LogP contribution is 2.43. The van der Waals surface area contributed by atoms with Crippen LogP contribution < -0.4 is 16.2 Å². The summed E-state index contributed by atoms with van der Waals surface area (Å²) in [4.78, 5) is 125. The van der Waals surface area contributed by atoms with E-state index in [1.807, 2.05) is 27.0 Å². The number of ketones is 3. The van der Waals surface area contributed by atoms with E-state index in [9.17, 15) is 48.3 Å². The second kappa shape index (κ2) is 44.5. The number of phenolic OH excluding ortho intramolecular Hbond substituents is 1. The Morgan fingerprint density at radius 2 is 1.38 bits per heavy atom. The van der Waals surface area contributed by atoms with E-state index >= 15 is 0 Å². The number of cyclic esters (lactones) is 1. The number of amides is 3. The van der Waals surface area contributed by atoms with Gasteiger partial charge in [0.05, 0.1) is 146 Å². The average molecular weight is 1490 g/mol. The zero-order valence-electron chi connectivity index (χ0n) is 62.9. The number of fused-ring (bicyclic) bond motifs is 5. The van der Waals surface area contributed by atoms with Gasteiger partial charge in [-0.2, -0.15) is 0 Å².